The Hall–Kier alpha value is -2.62. The molecule has 0 aliphatic heterocycles. The number of halogens is 2. The van der Waals surface area contributed by atoms with Crippen molar-refractivity contribution in [2.75, 3.05) is 26.3 Å². The average molecular weight is 554 g/mol. The Morgan fingerprint density at radius 1 is 1.03 bits per heavy atom. The van der Waals surface area contributed by atoms with E-state index in [1.54, 1.807) is 43.3 Å². The van der Waals surface area contributed by atoms with E-state index in [4.69, 9.17) is 21.1 Å². The van der Waals surface area contributed by atoms with Crippen molar-refractivity contribution in [2.45, 2.75) is 29.2 Å². The molecule has 0 bridgehead atoms. The van der Waals surface area contributed by atoms with E-state index in [1.807, 2.05) is 12.1 Å². The Morgan fingerprint density at radius 3 is 2.44 bits per heavy atom. The van der Waals surface area contributed by atoms with Gasteiger partial charge in [-0.3, -0.25) is 0 Å². The van der Waals surface area contributed by atoms with Gasteiger partial charge in [0.2, 0.25) is 9.84 Å². The summed E-state index contributed by atoms with van der Waals surface area (Å²) in [7, 11) is -3.72. The van der Waals surface area contributed by atoms with Gasteiger partial charge in [-0.25, -0.2) is 13.2 Å². The number of esters is 1. The molecule has 194 valence electrons. The monoisotopic (exact) mass is 553 g/mol. The van der Waals surface area contributed by atoms with Gasteiger partial charge >= 0.3 is 5.97 Å². The second kappa shape index (κ2) is 14.2. The molecule has 0 aromatic heterocycles. The first kappa shape index (κ1) is 29.6. The number of carbonyl (C=O) groups is 1. The number of benzene rings is 3. The van der Waals surface area contributed by atoms with E-state index in [0.717, 1.165) is 11.1 Å². The van der Waals surface area contributed by atoms with Crippen LogP contribution in [0.25, 0.3) is 0 Å². The summed E-state index contributed by atoms with van der Waals surface area (Å²) in [5, 5.41) is 14.0. The number of aliphatic hydroxyl groups excluding tert-OH is 1. The molecular formula is C26H29Cl2NO6S. The van der Waals surface area contributed by atoms with Crippen molar-refractivity contribution in [1.82, 2.24) is 5.32 Å². The fourth-order valence-corrected chi connectivity index (χ4v) is 4.90. The molecular weight excluding hydrogens is 525 g/mol. The van der Waals surface area contributed by atoms with Crippen LogP contribution in [-0.4, -0.2) is 45.8 Å². The van der Waals surface area contributed by atoms with Crippen molar-refractivity contribution in [1.29, 1.82) is 0 Å². The van der Waals surface area contributed by atoms with E-state index in [1.165, 1.54) is 24.3 Å². The van der Waals surface area contributed by atoms with Crippen LogP contribution in [0.4, 0.5) is 0 Å². The van der Waals surface area contributed by atoms with Gasteiger partial charge in [0, 0.05) is 11.6 Å². The summed E-state index contributed by atoms with van der Waals surface area (Å²) in [6.07, 6.45) is -0.101. The molecule has 0 radical (unpaired) electrons. The lowest BCUT2D eigenvalue weighted by molar-refractivity contribution is -0.145. The van der Waals surface area contributed by atoms with Crippen LogP contribution in [0.15, 0.2) is 82.6 Å². The van der Waals surface area contributed by atoms with E-state index in [0.29, 0.717) is 30.3 Å². The zero-order chi connectivity index (χ0) is 25.3. The van der Waals surface area contributed by atoms with Gasteiger partial charge in [0.25, 0.3) is 0 Å². The molecule has 2 N–H and O–H groups in total. The minimum Gasteiger partial charge on any atom is -0.482 e. The minimum atomic E-state index is -3.72. The third kappa shape index (κ3) is 8.50. The summed E-state index contributed by atoms with van der Waals surface area (Å²) >= 11 is 5.97. The van der Waals surface area contributed by atoms with Crippen molar-refractivity contribution in [3.05, 3.63) is 88.9 Å². The molecule has 0 saturated carbocycles. The Bertz CT molecular complexity index is 1240. The lowest BCUT2D eigenvalue weighted by Crippen LogP contribution is -2.23. The molecule has 0 heterocycles. The number of ether oxygens (including phenoxy) is 2. The highest BCUT2D eigenvalue weighted by Gasteiger charge is 2.18. The summed E-state index contributed by atoms with van der Waals surface area (Å²) in [5.74, 6) is -0.119. The maximum Gasteiger partial charge on any atom is 0.344 e. The van der Waals surface area contributed by atoms with Gasteiger partial charge in [-0.2, -0.15) is 0 Å². The lowest BCUT2D eigenvalue weighted by Gasteiger charge is -2.13. The number of hydrogen-bond acceptors (Lipinski definition) is 7. The SMILES string of the molecule is CCOC(=O)COc1ccc(S(=O)(=O)c2cccc(CCNC[C@H](O)c3cccc(Cl)c3)c2)cc1.Cl. The van der Waals surface area contributed by atoms with Crippen LogP contribution < -0.4 is 10.1 Å². The van der Waals surface area contributed by atoms with Crippen LogP contribution in [0.5, 0.6) is 5.75 Å². The van der Waals surface area contributed by atoms with E-state index in [-0.39, 0.29) is 35.4 Å². The summed E-state index contributed by atoms with van der Waals surface area (Å²) in [6.45, 7) is 2.64. The molecule has 0 aliphatic carbocycles. The van der Waals surface area contributed by atoms with Crippen molar-refractivity contribution >= 4 is 39.8 Å². The highest BCUT2D eigenvalue weighted by atomic mass is 35.5. The third-order valence-electron chi connectivity index (χ3n) is 5.17. The van der Waals surface area contributed by atoms with Gasteiger partial charge < -0.3 is 19.9 Å². The van der Waals surface area contributed by atoms with Crippen LogP contribution in [0.2, 0.25) is 5.02 Å². The van der Waals surface area contributed by atoms with Crippen molar-refractivity contribution in [2.24, 2.45) is 0 Å². The maximum atomic E-state index is 13.1. The molecule has 1 atom stereocenters. The topological polar surface area (TPSA) is 102 Å². The van der Waals surface area contributed by atoms with E-state index >= 15 is 0 Å². The first-order valence-corrected chi connectivity index (χ1v) is 13.0. The van der Waals surface area contributed by atoms with Crippen molar-refractivity contribution < 1.29 is 27.8 Å². The molecule has 10 heteroatoms. The van der Waals surface area contributed by atoms with E-state index in [2.05, 4.69) is 5.32 Å². The number of sulfone groups is 1. The Balaban J connectivity index is 0.00000456. The summed E-state index contributed by atoms with van der Waals surface area (Å²) in [6, 6.07) is 19.7. The van der Waals surface area contributed by atoms with Crippen molar-refractivity contribution in [3.63, 3.8) is 0 Å². The Kier molecular flexibility index (Phi) is 11.7. The van der Waals surface area contributed by atoms with Crippen LogP contribution in [0.1, 0.15) is 24.2 Å². The normalized spacial score (nSPS) is 11.9. The second-order valence-electron chi connectivity index (χ2n) is 7.74. The predicted octanol–water partition coefficient (Wildman–Crippen LogP) is 4.40. The first-order chi connectivity index (χ1) is 16.8. The summed E-state index contributed by atoms with van der Waals surface area (Å²) in [5.41, 5.74) is 1.58. The van der Waals surface area contributed by atoms with Crippen LogP contribution >= 0.6 is 24.0 Å². The molecule has 0 fully saturated rings. The third-order valence-corrected chi connectivity index (χ3v) is 7.17. The molecule has 3 aromatic carbocycles. The molecule has 0 unspecified atom stereocenters. The molecule has 3 rings (SSSR count). The standard InChI is InChI=1S/C26H28ClNO6S.ClH/c1-2-33-26(30)18-34-22-9-11-23(12-10-22)35(31,32)24-8-3-5-19(15-24)13-14-28-17-25(29)20-6-4-7-21(27)16-20;/h3-12,15-16,25,28-29H,2,13-14,17-18H2,1H3;1H/t25-;/m0./s1. The highest BCUT2D eigenvalue weighted by Crippen LogP contribution is 2.24. The molecule has 0 aliphatic rings. The summed E-state index contributed by atoms with van der Waals surface area (Å²) in [4.78, 5) is 11.7. The molecule has 0 saturated heterocycles. The van der Waals surface area contributed by atoms with E-state index < -0.39 is 21.9 Å². The van der Waals surface area contributed by atoms with Crippen LogP contribution in [0, 0.1) is 0 Å². The van der Waals surface area contributed by atoms with Gasteiger partial charge in [0.05, 0.1) is 22.5 Å². The highest BCUT2D eigenvalue weighted by molar-refractivity contribution is 7.91. The molecule has 3 aromatic rings. The zero-order valence-electron chi connectivity index (χ0n) is 19.7. The second-order valence-corrected chi connectivity index (χ2v) is 10.1. The zero-order valence-corrected chi connectivity index (χ0v) is 22.1. The molecule has 36 heavy (non-hydrogen) atoms. The number of hydrogen-bond donors (Lipinski definition) is 2. The van der Waals surface area contributed by atoms with Gasteiger partial charge in [-0.05, 0) is 79.5 Å². The fraction of sp³-hybridized carbons (Fsp3) is 0.269. The van der Waals surface area contributed by atoms with Crippen molar-refractivity contribution in [3.8, 4) is 5.75 Å². The van der Waals surface area contributed by atoms with E-state index in [9.17, 15) is 18.3 Å². The van der Waals surface area contributed by atoms with Gasteiger partial charge in [-0.15, -0.1) is 12.4 Å². The molecule has 7 nitrogen and oxygen atoms in total. The van der Waals surface area contributed by atoms with Gasteiger partial charge in [0.1, 0.15) is 5.75 Å². The fourth-order valence-electron chi connectivity index (χ4n) is 3.37. The smallest absolute Gasteiger partial charge is 0.344 e. The average Bonchev–Trinajstić information content (AvgIpc) is 2.86. The quantitative estimate of drug-likeness (QED) is 0.253. The Labute approximate surface area is 222 Å². The largest absolute Gasteiger partial charge is 0.482 e. The van der Waals surface area contributed by atoms with Crippen LogP contribution in [0.3, 0.4) is 0 Å². The van der Waals surface area contributed by atoms with Gasteiger partial charge in [0.15, 0.2) is 6.61 Å². The van der Waals surface area contributed by atoms with Gasteiger partial charge in [-0.1, -0.05) is 35.9 Å². The molecule has 0 amide bonds. The number of carbonyl (C=O) groups excluding carboxylic acids is 1. The maximum absolute atomic E-state index is 13.1. The first-order valence-electron chi connectivity index (χ1n) is 11.2. The lowest BCUT2D eigenvalue weighted by atomic mass is 10.1. The summed E-state index contributed by atoms with van der Waals surface area (Å²) < 4.78 is 36.3. The number of rotatable bonds is 12. The molecule has 0 spiro atoms. The minimum absolute atomic E-state index is 0. The van der Waals surface area contributed by atoms with Crippen LogP contribution in [-0.2, 0) is 25.8 Å². The number of nitrogens with one attached hydrogen (secondary N) is 1. The predicted molar refractivity (Wildman–Crippen MR) is 141 cm³/mol. The Morgan fingerprint density at radius 2 is 1.75 bits per heavy atom. The number of aliphatic hydroxyl groups is 1.